The summed E-state index contributed by atoms with van der Waals surface area (Å²) in [5, 5.41) is 6.55. The van der Waals surface area contributed by atoms with E-state index in [-0.39, 0.29) is 29.9 Å². The molecule has 2 saturated carbocycles. The molecule has 6 heteroatoms. The average Bonchev–Trinajstić information content (AvgIpc) is 3.43. The molecule has 3 rings (SSSR count). The normalized spacial score (nSPS) is 23.1. The first-order valence-electron chi connectivity index (χ1n) is 10.5. The number of nitrogens with one attached hydrogen (secondary N) is 2. The summed E-state index contributed by atoms with van der Waals surface area (Å²) in [7, 11) is 1.89. The molecule has 1 heterocycles. The van der Waals surface area contributed by atoms with Gasteiger partial charge in [0.1, 0.15) is 0 Å². The SMILES string of the molecule is CN=C(NCCCC(=O)NC1CC1)N1CCCC2(CCCCCC2)C1.I. The minimum Gasteiger partial charge on any atom is -0.356 e. The van der Waals surface area contributed by atoms with Gasteiger partial charge in [0.25, 0.3) is 0 Å². The van der Waals surface area contributed by atoms with Crippen LogP contribution in [0.15, 0.2) is 4.99 Å². The van der Waals surface area contributed by atoms with E-state index in [9.17, 15) is 4.79 Å². The Labute approximate surface area is 176 Å². The molecular formula is C20H37IN4O. The zero-order valence-electron chi connectivity index (χ0n) is 16.4. The van der Waals surface area contributed by atoms with Crippen molar-refractivity contribution in [2.45, 2.75) is 83.1 Å². The molecular weight excluding hydrogens is 439 g/mol. The molecule has 1 saturated heterocycles. The highest BCUT2D eigenvalue weighted by Crippen LogP contribution is 2.42. The fourth-order valence-electron chi connectivity index (χ4n) is 4.58. The molecule has 5 nitrogen and oxygen atoms in total. The van der Waals surface area contributed by atoms with Gasteiger partial charge in [-0.15, -0.1) is 24.0 Å². The number of aliphatic imine (C=N–C) groups is 1. The zero-order valence-corrected chi connectivity index (χ0v) is 18.7. The molecule has 26 heavy (non-hydrogen) atoms. The number of likely N-dealkylation sites (tertiary alicyclic amines) is 1. The van der Waals surface area contributed by atoms with Crippen LogP contribution in [-0.4, -0.2) is 49.5 Å². The summed E-state index contributed by atoms with van der Waals surface area (Å²) in [4.78, 5) is 18.8. The van der Waals surface area contributed by atoms with Crippen LogP contribution in [0.3, 0.4) is 0 Å². The number of nitrogens with zero attached hydrogens (tertiary/aromatic N) is 2. The Hall–Kier alpha value is -0.530. The minimum atomic E-state index is 0. The maximum absolute atomic E-state index is 11.8. The minimum absolute atomic E-state index is 0. The van der Waals surface area contributed by atoms with Crippen molar-refractivity contribution >= 4 is 35.8 Å². The quantitative estimate of drug-likeness (QED) is 0.276. The van der Waals surface area contributed by atoms with Crippen LogP contribution in [0, 0.1) is 5.41 Å². The van der Waals surface area contributed by atoms with E-state index in [1.165, 1.54) is 51.4 Å². The van der Waals surface area contributed by atoms with Crippen molar-refractivity contribution in [2.24, 2.45) is 10.4 Å². The van der Waals surface area contributed by atoms with Crippen molar-refractivity contribution in [3.8, 4) is 0 Å². The molecule has 150 valence electrons. The molecule has 0 bridgehead atoms. The van der Waals surface area contributed by atoms with Crippen molar-refractivity contribution in [2.75, 3.05) is 26.7 Å². The van der Waals surface area contributed by atoms with E-state index < -0.39 is 0 Å². The van der Waals surface area contributed by atoms with E-state index in [0.717, 1.165) is 44.9 Å². The largest absolute Gasteiger partial charge is 0.356 e. The van der Waals surface area contributed by atoms with Gasteiger partial charge in [0.2, 0.25) is 5.91 Å². The number of hydrogen-bond acceptors (Lipinski definition) is 2. The summed E-state index contributed by atoms with van der Waals surface area (Å²) in [6.07, 6.45) is 14.9. The molecule has 3 fully saturated rings. The highest BCUT2D eigenvalue weighted by atomic mass is 127. The lowest BCUT2D eigenvalue weighted by Crippen LogP contribution is -2.50. The summed E-state index contributed by atoms with van der Waals surface area (Å²) in [6, 6.07) is 0.470. The van der Waals surface area contributed by atoms with Gasteiger partial charge in [0, 0.05) is 39.1 Å². The second-order valence-corrected chi connectivity index (χ2v) is 8.36. The van der Waals surface area contributed by atoms with Crippen LogP contribution in [0.25, 0.3) is 0 Å². The first kappa shape index (κ1) is 21.8. The number of rotatable bonds is 5. The Morgan fingerprint density at radius 1 is 1.12 bits per heavy atom. The summed E-state index contributed by atoms with van der Waals surface area (Å²) in [5.74, 6) is 1.24. The topological polar surface area (TPSA) is 56.7 Å². The van der Waals surface area contributed by atoms with Crippen molar-refractivity contribution in [3.05, 3.63) is 0 Å². The lowest BCUT2D eigenvalue weighted by Gasteiger charge is -2.44. The molecule has 0 radical (unpaired) electrons. The Bertz CT molecular complexity index is 470. The molecule has 3 aliphatic rings. The van der Waals surface area contributed by atoms with Crippen LogP contribution in [0.4, 0.5) is 0 Å². The third kappa shape index (κ3) is 6.57. The van der Waals surface area contributed by atoms with Crippen LogP contribution in [0.1, 0.15) is 77.0 Å². The number of carbonyl (C=O) groups is 1. The standard InChI is InChI=1S/C20H36N4O.HI/c1-21-19(22-14-6-8-18(25)23-17-9-10-17)24-15-7-13-20(16-24)11-4-2-3-5-12-20;/h17H,2-16H2,1H3,(H,21,22)(H,23,25);1H. The molecule has 0 aromatic heterocycles. The number of amides is 1. The van der Waals surface area contributed by atoms with E-state index in [1.54, 1.807) is 0 Å². The Balaban J connectivity index is 0.00000243. The van der Waals surface area contributed by atoms with Crippen molar-refractivity contribution in [3.63, 3.8) is 0 Å². The smallest absolute Gasteiger partial charge is 0.220 e. The Morgan fingerprint density at radius 3 is 2.46 bits per heavy atom. The first-order valence-corrected chi connectivity index (χ1v) is 10.5. The monoisotopic (exact) mass is 476 g/mol. The number of halogens is 1. The summed E-state index contributed by atoms with van der Waals surface area (Å²) in [5.41, 5.74) is 0.524. The molecule has 1 spiro atoms. The Morgan fingerprint density at radius 2 is 1.81 bits per heavy atom. The van der Waals surface area contributed by atoms with Gasteiger partial charge >= 0.3 is 0 Å². The van der Waals surface area contributed by atoms with Gasteiger partial charge in [-0.25, -0.2) is 0 Å². The van der Waals surface area contributed by atoms with Crippen molar-refractivity contribution in [1.29, 1.82) is 0 Å². The van der Waals surface area contributed by atoms with E-state index in [4.69, 9.17) is 0 Å². The van der Waals surface area contributed by atoms with Crippen LogP contribution >= 0.6 is 24.0 Å². The molecule has 0 aromatic carbocycles. The summed E-state index contributed by atoms with van der Waals surface area (Å²) < 4.78 is 0. The highest BCUT2D eigenvalue weighted by molar-refractivity contribution is 14.0. The average molecular weight is 476 g/mol. The predicted molar refractivity (Wildman–Crippen MR) is 118 cm³/mol. The second kappa shape index (κ2) is 10.7. The van der Waals surface area contributed by atoms with E-state index in [2.05, 4.69) is 20.5 Å². The van der Waals surface area contributed by atoms with Gasteiger partial charge in [0.15, 0.2) is 5.96 Å². The third-order valence-electron chi connectivity index (χ3n) is 6.14. The van der Waals surface area contributed by atoms with Crippen LogP contribution in [-0.2, 0) is 4.79 Å². The Kier molecular flexibility index (Phi) is 8.97. The lowest BCUT2D eigenvalue weighted by atomic mass is 9.74. The number of hydrogen-bond donors (Lipinski definition) is 2. The molecule has 1 amide bonds. The zero-order chi connectivity index (χ0) is 17.5. The first-order chi connectivity index (χ1) is 12.2. The molecule has 2 N–H and O–H groups in total. The maximum Gasteiger partial charge on any atom is 0.220 e. The maximum atomic E-state index is 11.8. The van der Waals surface area contributed by atoms with Crippen molar-refractivity contribution < 1.29 is 4.79 Å². The van der Waals surface area contributed by atoms with Crippen LogP contribution in [0.5, 0.6) is 0 Å². The molecule has 0 aromatic rings. The van der Waals surface area contributed by atoms with Crippen LogP contribution < -0.4 is 10.6 Å². The van der Waals surface area contributed by atoms with Gasteiger partial charge in [0.05, 0.1) is 0 Å². The van der Waals surface area contributed by atoms with Gasteiger partial charge in [-0.05, 0) is 50.4 Å². The fraction of sp³-hybridized carbons (Fsp3) is 0.900. The number of piperidine rings is 1. The van der Waals surface area contributed by atoms with Gasteiger partial charge in [-0.1, -0.05) is 25.7 Å². The second-order valence-electron chi connectivity index (χ2n) is 8.36. The fourth-order valence-corrected chi connectivity index (χ4v) is 4.58. The lowest BCUT2D eigenvalue weighted by molar-refractivity contribution is -0.121. The molecule has 0 atom stereocenters. The van der Waals surface area contributed by atoms with Gasteiger partial charge in [-0.3, -0.25) is 9.79 Å². The van der Waals surface area contributed by atoms with E-state index >= 15 is 0 Å². The highest BCUT2D eigenvalue weighted by Gasteiger charge is 2.36. The molecule has 1 aliphatic heterocycles. The summed E-state index contributed by atoms with van der Waals surface area (Å²) >= 11 is 0. The predicted octanol–water partition coefficient (Wildman–Crippen LogP) is 3.68. The van der Waals surface area contributed by atoms with E-state index in [1.807, 2.05) is 7.05 Å². The number of guanidine groups is 1. The third-order valence-corrected chi connectivity index (χ3v) is 6.14. The van der Waals surface area contributed by atoms with Gasteiger partial charge < -0.3 is 15.5 Å². The van der Waals surface area contributed by atoms with Crippen LogP contribution in [0.2, 0.25) is 0 Å². The van der Waals surface area contributed by atoms with E-state index in [0.29, 0.717) is 17.9 Å². The summed E-state index contributed by atoms with van der Waals surface area (Å²) in [6.45, 7) is 3.10. The molecule has 0 unspecified atom stereocenters. The van der Waals surface area contributed by atoms with Crippen molar-refractivity contribution in [1.82, 2.24) is 15.5 Å². The molecule has 2 aliphatic carbocycles. The van der Waals surface area contributed by atoms with Gasteiger partial charge in [-0.2, -0.15) is 0 Å². The number of carbonyl (C=O) groups excluding carboxylic acids is 1.